The molecule has 1 aromatic carbocycles. The third-order valence-corrected chi connectivity index (χ3v) is 4.40. The van der Waals surface area contributed by atoms with Crippen LogP contribution in [0.3, 0.4) is 0 Å². The molecular weight excluding hydrogens is 351 g/mol. The third kappa shape index (κ3) is 5.30. The molecule has 0 saturated carbocycles. The van der Waals surface area contributed by atoms with E-state index in [9.17, 15) is 4.79 Å². The lowest BCUT2D eigenvalue weighted by Gasteiger charge is -2.26. The lowest BCUT2D eigenvalue weighted by Crippen LogP contribution is -2.49. The number of halogens is 3. The van der Waals surface area contributed by atoms with Crippen LogP contribution in [0, 0.1) is 0 Å². The molecular formula is C13H19BrCl2N2O. The molecule has 0 heterocycles. The fourth-order valence-corrected chi connectivity index (χ4v) is 1.99. The summed E-state index contributed by atoms with van der Waals surface area (Å²) in [4.78, 5) is 12.0. The summed E-state index contributed by atoms with van der Waals surface area (Å²) in [6, 6.07) is 5.09. The largest absolute Gasteiger partial charge is 0.350 e. The first-order valence-corrected chi connectivity index (χ1v) is 7.11. The Kier molecular flexibility index (Phi) is 7.98. The molecule has 108 valence electrons. The van der Waals surface area contributed by atoms with E-state index >= 15 is 0 Å². The smallest absolute Gasteiger partial charge is 0.251 e. The molecule has 1 amide bonds. The Hall–Kier alpha value is -0.290. The number of hydrogen-bond acceptors (Lipinski definition) is 2. The monoisotopic (exact) mass is 368 g/mol. The van der Waals surface area contributed by atoms with Crippen molar-refractivity contribution in [1.82, 2.24) is 5.32 Å². The van der Waals surface area contributed by atoms with E-state index in [0.29, 0.717) is 21.6 Å². The van der Waals surface area contributed by atoms with Gasteiger partial charge in [-0.2, -0.15) is 0 Å². The van der Waals surface area contributed by atoms with Crippen LogP contribution >= 0.6 is 39.9 Å². The lowest BCUT2D eigenvalue weighted by atomic mass is 9.94. The summed E-state index contributed by atoms with van der Waals surface area (Å²) < 4.78 is 0.710. The molecule has 0 unspecified atom stereocenters. The minimum Gasteiger partial charge on any atom is -0.350 e. The van der Waals surface area contributed by atoms with Gasteiger partial charge in [0, 0.05) is 22.1 Å². The zero-order chi connectivity index (χ0) is 13.8. The number of hydrogen-bond donors (Lipinski definition) is 2. The molecule has 1 aromatic rings. The molecule has 1 rings (SSSR count). The van der Waals surface area contributed by atoms with Gasteiger partial charge < -0.3 is 11.1 Å². The Bertz CT molecular complexity index is 437. The van der Waals surface area contributed by atoms with E-state index in [2.05, 4.69) is 21.2 Å². The number of amides is 1. The summed E-state index contributed by atoms with van der Waals surface area (Å²) in [6.45, 7) is 4.52. The van der Waals surface area contributed by atoms with Crippen LogP contribution in [-0.2, 0) is 0 Å². The van der Waals surface area contributed by atoms with Gasteiger partial charge in [0.15, 0.2) is 0 Å². The van der Waals surface area contributed by atoms with Crippen molar-refractivity contribution in [2.24, 2.45) is 5.73 Å². The van der Waals surface area contributed by atoms with Crippen molar-refractivity contribution < 1.29 is 4.79 Å². The van der Waals surface area contributed by atoms with Crippen LogP contribution in [0.2, 0.25) is 5.02 Å². The van der Waals surface area contributed by atoms with Gasteiger partial charge in [0.25, 0.3) is 5.91 Å². The standard InChI is InChI=1S/C13H18BrClN2O.ClH/c1-3-13(16,4-2)8-17-12(18)9-5-6-11(15)10(14)7-9;/h5-7H,3-4,8,16H2,1-2H3,(H,17,18);1H. The van der Waals surface area contributed by atoms with Gasteiger partial charge in [-0.15, -0.1) is 12.4 Å². The molecule has 0 saturated heterocycles. The van der Waals surface area contributed by atoms with Gasteiger partial charge in [0.2, 0.25) is 0 Å². The normalized spacial score (nSPS) is 10.8. The van der Waals surface area contributed by atoms with E-state index < -0.39 is 0 Å². The van der Waals surface area contributed by atoms with Crippen molar-refractivity contribution in [3.8, 4) is 0 Å². The summed E-state index contributed by atoms with van der Waals surface area (Å²) in [5, 5.41) is 3.45. The molecule has 6 heteroatoms. The maximum absolute atomic E-state index is 12.0. The van der Waals surface area contributed by atoms with Crippen molar-refractivity contribution in [3.63, 3.8) is 0 Å². The molecule has 0 fully saturated rings. The first-order valence-electron chi connectivity index (χ1n) is 5.94. The van der Waals surface area contributed by atoms with E-state index in [-0.39, 0.29) is 23.9 Å². The second kappa shape index (κ2) is 8.10. The maximum Gasteiger partial charge on any atom is 0.251 e. The Morgan fingerprint density at radius 1 is 1.42 bits per heavy atom. The van der Waals surface area contributed by atoms with Crippen molar-refractivity contribution >= 4 is 45.8 Å². The molecule has 3 N–H and O–H groups in total. The Labute approximate surface area is 133 Å². The zero-order valence-corrected chi connectivity index (χ0v) is 14.2. The highest BCUT2D eigenvalue weighted by molar-refractivity contribution is 9.10. The summed E-state index contributed by atoms with van der Waals surface area (Å²) >= 11 is 9.18. The number of carbonyl (C=O) groups is 1. The summed E-state index contributed by atoms with van der Waals surface area (Å²) in [7, 11) is 0. The van der Waals surface area contributed by atoms with Crippen LogP contribution in [0.25, 0.3) is 0 Å². The molecule has 3 nitrogen and oxygen atoms in total. The summed E-state index contributed by atoms with van der Waals surface area (Å²) in [5.41, 5.74) is 6.37. The Balaban J connectivity index is 0.00000324. The first kappa shape index (κ1) is 18.7. The molecule has 0 aliphatic rings. The Morgan fingerprint density at radius 3 is 2.47 bits per heavy atom. The van der Waals surface area contributed by atoms with Crippen LogP contribution in [0.5, 0.6) is 0 Å². The fourth-order valence-electron chi connectivity index (χ4n) is 1.50. The average Bonchev–Trinajstić information content (AvgIpc) is 2.38. The lowest BCUT2D eigenvalue weighted by molar-refractivity contribution is 0.0942. The van der Waals surface area contributed by atoms with Gasteiger partial charge in [0.1, 0.15) is 0 Å². The number of carbonyl (C=O) groups excluding carboxylic acids is 1. The molecule has 0 aromatic heterocycles. The van der Waals surface area contributed by atoms with E-state index in [1.54, 1.807) is 18.2 Å². The minimum atomic E-state index is -0.334. The zero-order valence-electron chi connectivity index (χ0n) is 11.0. The van der Waals surface area contributed by atoms with E-state index in [1.165, 1.54) is 0 Å². The van der Waals surface area contributed by atoms with E-state index in [4.69, 9.17) is 17.3 Å². The predicted octanol–water partition coefficient (Wildman–Crippen LogP) is 3.77. The third-order valence-electron chi connectivity index (χ3n) is 3.19. The quantitative estimate of drug-likeness (QED) is 0.829. The van der Waals surface area contributed by atoms with Crippen molar-refractivity contribution in [3.05, 3.63) is 33.3 Å². The van der Waals surface area contributed by atoms with E-state index in [0.717, 1.165) is 12.8 Å². The van der Waals surface area contributed by atoms with E-state index in [1.807, 2.05) is 13.8 Å². The van der Waals surface area contributed by atoms with Crippen LogP contribution in [-0.4, -0.2) is 18.0 Å². The van der Waals surface area contributed by atoms with Gasteiger partial charge in [-0.3, -0.25) is 4.79 Å². The molecule has 0 aliphatic heterocycles. The number of nitrogens with two attached hydrogens (primary N) is 1. The van der Waals surface area contributed by atoms with Crippen molar-refractivity contribution in [2.75, 3.05) is 6.54 Å². The Morgan fingerprint density at radius 2 is 2.00 bits per heavy atom. The van der Waals surface area contributed by atoms with Gasteiger partial charge in [0.05, 0.1) is 5.02 Å². The van der Waals surface area contributed by atoms with Gasteiger partial charge in [-0.25, -0.2) is 0 Å². The number of benzene rings is 1. The maximum atomic E-state index is 12.0. The molecule has 0 bridgehead atoms. The second-order valence-corrected chi connectivity index (χ2v) is 5.64. The van der Waals surface area contributed by atoms with Gasteiger partial charge in [-0.05, 0) is 47.0 Å². The molecule has 19 heavy (non-hydrogen) atoms. The van der Waals surface area contributed by atoms with Crippen LogP contribution < -0.4 is 11.1 Å². The highest BCUT2D eigenvalue weighted by atomic mass is 79.9. The molecule has 0 aliphatic carbocycles. The highest BCUT2D eigenvalue weighted by Gasteiger charge is 2.21. The highest BCUT2D eigenvalue weighted by Crippen LogP contribution is 2.23. The van der Waals surface area contributed by atoms with Gasteiger partial charge >= 0.3 is 0 Å². The SMILES string of the molecule is CCC(N)(CC)CNC(=O)c1ccc(Cl)c(Br)c1.Cl. The topological polar surface area (TPSA) is 55.1 Å². The average molecular weight is 370 g/mol. The number of rotatable bonds is 5. The summed E-state index contributed by atoms with van der Waals surface area (Å²) in [6.07, 6.45) is 1.65. The molecule has 0 radical (unpaired) electrons. The molecule has 0 atom stereocenters. The van der Waals surface area contributed by atoms with Crippen molar-refractivity contribution in [1.29, 1.82) is 0 Å². The van der Waals surface area contributed by atoms with Gasteiger partial charge in [-0.1, -0.05) is 25.4 Å². The molecule has 0 spiro atoms. The summed E-state index contributed by atoms with van der Waals surface area (Å²) in [5.74, 6) is -0.135. The van der Waals surface area contributed by atoms with Crippen molar-refractivity contribution in [2.45, 2.75) is 32.2 Å². The second-order valence-electron chi connectivity index (χ2n) is 4.38. The van der Waals surface area contributed by atoms with Crippen LogP contribution in [0.1, 0.15) is 37.0 Å². The van der Waals surface area contributed by atoms with Crippen LogP contribution in [0.4, 0.5) is 0 Å². The first-order chi connectivity index (χ1) is 8.41. The van der Waals surface area contributed by atoms with Crippen LogP contribution in [0.15, 0.2) is 22.7 Å². The number of nitrogens with one attached hydrogen (secondary N) is 1. The fraction of sp³-hybridized carbons (Fsp3) is 0.462. The predicted molar refractivity (Wildman–Crippen MR) is 86.2 cm³/mol. The minimum absolute atomic E-state index is 0.